The molecule has 0 spiro atoms. The number of hydrogen-bond donors (Lipinski definition) is 1. The molecule has 0 fully saturated rings. The van der Waals surface area contributed by atoms with Crippen molar-refractivity contribution in [3.05, 3.63) is 70.5 Å². The first-order chi connectivity index (χ1) is 10.0. The largest absolute Gasteiger partial charge is 0.459 e. The molecule has 21 heavy (non-hydrogen) atoms. The maximum Gasteiger partial charge on any atom is 0.134 e. The molecule has 108 valence electrons. The normalized spacial score (nSPS) is 12.8. The summed E-state index contributed by atoms with van der Waals surface area (Å²) in [5, 5.41) is 1.11. The lowest BCUT2D eigenvalue weighted by molar-refractivity contribution is 0.493. The van der Waals surface area contributed by atoms with Crippen LogP contribution in [0.15, 0.2) is 46.9 Å². The molecule has 1 aromatic heterocycles. The molecule has 0 saturated carbocycles. The molecule has 0 radical (unpaired) electrons. The Morgan fingerprint density at radius 3 is 2.33 bits per heavy atom. The van der Waals surface area contributed by atoms with Crippen molar-refractivity contribution in [2.24, 2.45) is 5.73 Å². The number of rotatable bonds is 3. The van der Waals surface area contributed by atoms with Gasteiger partial charge in [0.2, 0.25) is 0 Å². The first-order valence-corrected chi connectivity index (χ1v) is 7.35. The molecule has 2 N–H and O–H groups in total. The third kappa shape index (κ3) is 2.72. The van der Waals surface area contributed by atoms with Gasteiger partial charge in [-0.2, -0.15) is 0 Å². The predicted molar refractivity (Wildman–Crippen MR) is 87.5 cm³/mol. The van der Waals surface area contributed by atoms with Crippen LogP contribution in [-0.2, 0) is 6.42 Å². The summed E-state index contributed by atoms with van der Waals surface area (Å²) in [6.07, 6.45) is 0.803. The number of furan rings is 1. The Bertz CT molecular complexity index is 729. The molecule has 2 heteroatoms. The van der Waals surface area contributed by atoms with Crippen LogP contribution in [0.3, 0.4) is 0 Å². The number of aryl methyl sites for hydroxylation is 3. The minimum atomic E-state index is -0.113. The SMILES string of the molecule is Cc1cc(C)c(CC(N)c2cc3ccccc3o2)c(C)c1. The van der Waals surface area contributed by atoms with Crippen LogP contribution >= 0.6 is 0 Å². The van der Waals surface area contributed by atoms with Crippen LogP contribution in [0.1, 0.15) is 34.1 Å². The molecule has 3 aromatic rings. The van der Waals surface area contributed by atoms with Crippen LogP contribution in [0.25, 0.3) is 11.0 Å². The lowest BCUT2D eigenvalue weighted by Crippen LogP contribution is -2.14. The van der Waals surface area contributed by atoms with E-state index in [4.69, 9.17) is 10.2 Å². The molecule has 0 aliphatic rings. The fraction of sp³-hybridized carbons (Fsp3) is 0.263. The quantitative estimate of drug-likeness (QED) is 0.761. The summed E-state index contributed by atoms with van der Waals surface area (Å²) < 4.78 is 5.88. The predicted octanol–water partition coefficient (Wildman–Crippen LogP) is 4.60. The van der Waals surface area contributed by atoms with Gasteiger partial charge in [-0.1, -0.05) is 35.9 Å². The molecule has 0 aliphatic heterocycles. The lowest BCUT2D eigenvalue weighted by Gasteiger charge is -2.15. The van der Waals surface area contributed by atoms with Crippen molar-refractivity contribution in [1.82, 2.24) is 0 Å². The molecule has 2 aromatic carbocycles. The van der Waals surface area contributed by atoms with Gasteiger partial charge in [0.1, 0.15) is 11.3 Å². The van der Waals surface area contributed by atoms with Crippen molar-refractivity contribution in [2.75, 3.05) is 0 Å². The molecule has 1 heterocycles. The Balaban J connectivity index is 1.91. The highest BCUT2D eigenvalue weighted by atomic mass is 16.3. The number of para-hydroxylation sites is 1. The monoisotopic (exact) mass is 279 g/mol. The van der Waals surface area contributed by atoms with Crippen molar-refractivity contribution in [1.29, 1.82) is 0 Å². The first kappa shape index (κ1) is 13.9. The molecular weight excluding hydrogens is 258 g/mol. The van der Waals surface area contributed by atoms with Crippen molar-refractivity contribution < 1.29 is 4.42 Å². The Morgan fingerprint density at radius 2 is 1.67 bits per heavy atom. The Hall–Kier alpha value is -2.06. The summed E-state index contributed by atoms with van der Waals surface area (Å²) in [4.78, 5) is 0. The topological polar surface area (TPSA) is 39.2 Å². The number of benzene rings is 2. The number of fused-ring (bicyclic) bond motifs is 1. The second-order valence-electron chi connectivity index (χ2n) is 5.87. The van der Waals surface area contributed by atoms with E-state index in [1.165, 1.54) is 22.3 Å². The van der Waals surface area contributed by atoms with E-state index in [2.05, 4.69) is 45.0 Å². The Labute approximate surface area is 125 Å². The summed E-state index contributed by atoms with van der Waals surface area (Å²) in [5.74, 6) is 0.857. The van der Waals surface area contributed by atoms with Crippen molar-refractivity contribution in [2.45, 2.75) is 33.2 Å². The van der Waals surface area contributed by atoms with Gasteiger partial charge in [0.05, 0.1) is 6.04 Å². The minimum Gasteiger partial charge on any atom is -0.459 e. The van der Waals surface area contributed by atoms with E-state index < -0.39 is 0 Å². The fourth-order valence-corrected chi connectivity index (χ4v) is 3.04. The van der Waals surface area contributed by atoms with Crippen LogP contribution in [0.5, 0.6) is 0 Å². The molecule has 0 amide bonds. The highest BCUT2D eigenvalue weighted by Crippen LogP contribution is 2.27. The minimum absolute atomic E-state index is 0.113. The molecule has 2 nitrogen and oxygen atoms in total. The van der Waals surface area contributed by atoms with E-state index in [1.807, 2.05) is 18.2 Å². The highest BCUT2D eigenvalue weighted by Gasteiger charge is 2.15. The standard InChI is InChI=1S/C19H21NO/c1-12-8-13(2)16(14(3)9-12)11-17(20)19-10-15-6-4-5-7-18(15)21-19/h4-10,17H,11,20H2,1-3H3. The van der Waals surface area contributed by atoms with Gasteiger partial charge in [0.25, 0.3) is 0 Å². The van der Waals surface area contributed by atoms with Crippen molar-refractivity contribution in [3.63, 3.8) is 0 Å². The second kappa shape index (κ2) is 5.38. The molecule has 1 atom stereocenters. The zero-order valence-electron chi connectivity index (χ0n) is 12.8. The molecule has 0 bridgehead atoms. The molecule has 0 saturated heterocycles. The van der Waals surface area contributed by atoms with Gasteiger partial charge in [0, 0.05) is 5.39 Å². The van der Waals surface area contributed by atoms with E-state index in [-0.39, 0.29) is 6.04 Å². The Morgan fingerprint density at radius 1 is 1.00 bits per heavy atom. The van der Waals surface area contributed by atoms with E-state index in [0.29, 0.717) is 0 Å². The van der Waals surface area contributed by atoms with Gasteiger partial charge >= 0.3 is 0 Å². The van der Waals surface area contributed by atoms with Gasteiger partial charge in [-0.25, -0.2) is 0 Å². The maximum absolute atomic E-state index is 6.37. The highest BCUT2D eigenvalue weighted by molar-refractivity contribution is 5.77. The van der Waals surface area contributed by atoms with E-state index in [0.717, 1.165) is 23.2 Å². The smallest absolute Gasteiger partial charge is 0.134 e. The second-order valence-corrected chi connectivity index (χ2v) is 5.87. The maximum atomic E-state index is 6.37. The first-order valence-electron chi connectivity index (χ1n) is 7.35. The Kier molecular flexibility index (Phi) is 3.56. The molecule has 1 unspecified atom stereocenters. The van der Waals surface area contributed by atoms with Crippen LogP contribution in [0.2, 0.25) is 0 Å². The van der Waals surface area contributed by atoms with Gasteiger partial charge in [-0.15, -0.1) is 0 Å². The summed E-state index contributed by atoms with van der Waals surface area (Å²) in [7, 11) is 0. The summed E-state index contributed by atoms with van der Waals surface area (Å²) in [6, 6.07) is 14.4. The van der Waals surface area contributed by atoms with Crippen LogP contribution in [-0.4, -0.2) is 0 Å². The third-order valence-corrected chi connectivity index (χ3v) is 4.07. The van der Waals surface area contributed by atoms with Gasteiger partial charge in [0.15, 0.2) is 0 Å². The average Bonchev–Trinajstić information content (AvgIpc) is 2.86. The average molecular weight is 279 g/mol. The van der Waals surface area contributed by atoms with Gasteiger partial charge in [-0.05, 0) is 56.0 Å². The zero-order valence-corrected chi connectivity index (χ0v) is 12.8. The summed E-state index contributed by atoms with van der Waals surface area (Å²) in [6.45, 7) is 6.43. The van der Waals surface area contributed by atoms with Crippen LogP contribution in [0, 0.1) is 20.8 Å². The molecular formula is C19H21NO. The molecule has 0 aliphatic carbocycles. The van der Waals surface area contributed by atoms with Crippen molar-refractivity contribution in [3.8, 4) is 0 Å². The number of nitrogens with two attached hydrogens (primary N) is 1. The van der Waals surface area contributed by atoms with Crippen LogP contribution in [0.4, 0.5) is 0 Å². The summed E-state index contributed by atoms with van der Waals surface area (Å²) in [5.41, 5.74) is 12.5. The van der Waals surface area contributed by atoms with Crippen molar-refractivity contribution >= 4 is 11.0 Å². The zero-order chi connectivity index (χ0) is 15.0. The van der Waals surface area contributed by atoms with Gasteiger partial charge < -0.3 is 10.2 Å². The van der Waals surface area contributed by atoms with Gasteiger partial charge in [-0.3, -0.25) is 0 Å². The lowest BCUT2D eigenvalue weighted by atomic mass is 9.94. The van der Waals surface area contributed by atoms with E-state index in [1.54, 1.807) is 0 Å². The third-order valence-electron chi connectivity index (χ3n) is 4.07. The van der Waals surface area contributed by atoms with E-state index in [9.17, 15) is 0 Å². The summed E-state index contributed by atoms with van der Waals surface area (Å²) >= 11 is 0. The van der Waals surface area contributed by atoms with Crippen LogP contribution < -0.4 is 5.73 Å². The molecule has 3 rings (SSSR count). The fourth-order valence-electron chi connectivity index (χ4n) is 3.04. The van der Waals surface area contributed by atoms with E-state index >= 15 is 0 Å². The number of hydrogen-bond acceptors (Lipinski definition) is 2.